The van der Waals surface area contributed by atoms with E-state index in [2.05, 4.69) is 15.5 Å². The molecule has 3 rings (SSSR count). The fourth-order valence-electron chi connectivity index (χ4n) is 2.01. The number of carbonyl (C=O) groups excluding carboxylic acids is 1. The lowest BCUT2D eigenvalue weighted by Gasteiger charge is -2.10. The molecule has 1 aromatic heterocycles. The molecule has 110 valence electrons. The summed E-state index contributed by atoms with van der Waals surface area (Å²) in [5.74, 6) is 0.0180. The molecule has 3 aromatic rings. The van der Waals surface area contributed by atoms with Crippen molar-refractivity contribution in [3.63, 3.8) is 0 Å². The Labute approximate surface area is 127 Å². The van der Waals surface area contributed by atoms with Crippen molar-refractivity contribution in [3.8, 4) is 11.7 Å². The summed E-state index contributed by atoms with van der Waals surface area (Å²) in [5, 5.41) is 11.2. The van der Waals surface area contributed by atoms with Gasteiger partial charge in [-0.05, 0) is 24.3 Å². The van der Waals surface area contributed by atoms with E-state index in [0.717, 1.165) is 11.4 Å². The van der Waals surface area contributed by atoms with Crippen molar-refractivity contribution in [3.05, 3.63) is 60.7 Å². The molecule has 0 radical (unpaired) electrons. The molecule has 2 aromatic carbocycles. The van der Waals surface area contributed by atoms with Crippen molar-refractivity contribution >= 4 is 17.6 Å². The molecule has 0 saturated heterocycles. The zero-order valence-electron chi connectivity index (χ0n) is 11.9. The fraction of sp³-hybridized carbons (Fsp3) is 0.0625. The second-order valence-corrected chi connectivity index (χ2v) is 4.56. The monoisotopic (exact) mass is 294 g/mol. The van der Waals surface area contributed by atoms with Crippen molar-refractivity contribution in [2.24, 2.45) is 0 Å². The average molecular weight is 294 g/mol. The molecular formula is C16H14N4O2. The molecule has 0 aliphatic carbocycles. The third kappa shape index (κ3) is 2.95. The number of rotatable bonds is 4. The second kappa shape index (κ2) is 6.09. The van der Waals surface area contributed by atoms with Crippen LogP contribution >= 0.6 is 0 Å². The van der Waals surface area contributed by atoms with Gasteiger partial charge in [-0.25, -0.2) is 4.57 Å². The summed E-state index contributed by atoms with van der Waals surface area (Å²) in [5.41, 5.74) is 1.66. The molecule has 0 fully saturated rings. The van der Waals surface area contributed by atoms with Crippen LogP contribution in [-0.2, 0) is 4.79 Å². The summed E-state index contributed by atoms with van der Waals surface area (Å²) < 4.78 is 6.78. The van der Waals surface area contributed by atoms with Crippen LogP contribution in [0, 0.1) is 0 Å². The van der Waals surface area contributed by atoms with Gasteiger partial charge in [0.25, 0.3) is 0 Å². The highest BCUT2D eigenvalue weighted by Gasteiger charge is 2.16. The molecule has 22 heavy (non-hydrogen) atoms. The highest BCUT2D eigenvalue weighted by Crippen LogP contribution is 2.24. The summed E-state index contributed by atoms with van der Waals surface area (Å²) in [6.07, 6.45) is 0. The van der Waals surface area contributed by atoms with Gasteiger partial charge in [0.1, 0.15) is 0 Å². The first-order valence-electron chi connectivity index (χ1n) is 6.75. The number of hydrogen-bond acceptors (Lipinski definition) is 5. The number of benzene rings is 2. The molecule has 1 N–H and O–H groups in total. The Bertz CT molecular complexity index is 769. The van der Waals surface area contributed by atoms with Gasteiger partial charge in [-0.1, -0.05) is 41.5 Å². The number of anilines is 2. The van der Waals surface area contributed by atoms with Gasteiger partial charge in [-0.15, -0.1) is 5.10 Å². The lowest BCUT2D eigenvalue weighted by molar-refractivity contribution is -0.132. The maximum Gasteiger partial charge on any atom is 0.331 e. The maximum absolute atomic E-state index is 11.2. The molecule has 0 aliphatic heterocycles. The third-order valence-corrected chi connectivity index (χ3v) is 2.91. The number of ether oxygens (including phenoxy) is 1. The van der Waals surface area contributed by atoms with Crippen LogP contribution in [0.3, 0.4) is 0 Å². The van der Waals surface area contributed by atoms with Crippen molar-refractivity contribution in [1.82, 2.24) is 14.8 Å². The minimum Gasteiger partial charge on any atom is -0.391 e. The number of esters is 1. The van der Waals surface area contributed by atoms with Crippen molar-refractivity contribution in [2.75, 3.05) is 5.32 Å². The number of aromatic nitrogens is 3. The highest BCUT2D eigenvalue weighted by molar-refractivity contribution is 5.69. The van der Waals surface area contributed by atoms with E-state index in [1.807, 2.05) is 60.7 Å². The van der Waals surface area contributed by atoms with Crippen LogP contribution in [0.15, 0.2) is 60.7 Å². The van der Waals surface area contributed by atoms with Crippen molar-refractivity contribution < 1.29 is 9.53 Å². The second-order valence-electron chi connectivity index (χ2n) is 4.56. The first-order valence-corrected chi connectivity index (χ1v) is 6.75. The maximum atomic E-state index is 11.2. The number of nitrogens with zero attached hydrogens (tertiary/aromatic N) is 3. The van der Waals surface area contributed by atoms with Gasteiger partial charge in [-0.2, -0.15) is 0 Å². The van der Waals surface area contributed by atoms with Gasteiger partial charge in [-0.3, -0.25) is 4.79 Å². The summed E-state index contributed by atoms with van der Waals surface area (Å²) in [4.78, 5) is 11.2. The van der Waals surface area contributed by atoms with Gasteiger partial charge in [0.15, 0.2) is 0 Å². The van der Waals surface area contributed by atoms with Gasteiger partial charge in [0.05, 0.1) is 5.69 Å². The van der Waals surface area contributed by atoms with E-state index >= 15 is 0 Å². The fourth-order valence-corrected chi connectivity index (χ4v) is 2.01. The predicted octanol–water partition coefficient (Wildman–Crippen LogP) is 2.94. The SMILES string of the molecule is CC(=O)Oc1nnc(Nc2ccccc2)n1-c1ccccc1. The van der Waals surface area contributed by atoms with E-state index in [-0.39, 0.29) is 6.01 Å². The average Bonchev–Trinajstić information content (AvgIpc) is 2.91. The van der Waals surface area contributed by atoms with E-state index in [1.54, 1.807) is 4.57 Å². The van der Waals surface area contributed by atoms with E-state index in [4.69, 9.17) is 4.74 Å². The largest absolute Gasteiger partial charge is 0.391 e. The highest BCUT2D eigenvalue weighted by atomic mass is 16.6. The molecule has 0 saturated carbocycles. The molecule has 0 atom stereocenters. The van der Waals surface area contributed by atoms with Crippen molar-refractivity contribution in [2.45, 2.75) is 6.92 Å². The Hall–Kier alpha value is -3.15. The normalized spacial score (nSPS) is 10.2. The van der Waals surface area contributed by atoms with Gasteiger partial charge >= 0.3 is 12.0 Å². The first-order chi connectivity index (χ1) is 10.7. The summed E-state index contributed by atoms with van der Waals surface area (Å²) in [6.45, 7) is 1.33. The Morgan fingerprint density at radius 3 is 2.27 bits per heavy atom. The number of nitrogens with one attached hydrogen (secondary N) is 1. The number of hydrogen-bond donors (Lipinski definition) is 1. The molecule has 6 nitrogen and oxygen atoms in total. The van der Waals surface area contributed by atoms with Crippen LogP contribution in [-0.4, -0.2) is 20.7 Å². The zero-order valence-corrected chi connectivity index (χ0v) is 11.9. The lowest BCUT2D eigenvalue weighted by Crippen LogP contribution is -2.09. The molecule has 6 heteroatoms. The quantitative estimate of drug-likeness (QED) is 0.749. The summed E-state index contributed by atoms with van der Waals surface area (Å²) >= 11 is 0. The van der Waals surface area contributed by atoms with E-state index in [9.17, 15) is 4.79 Å². The van der Waals surface area contributed by atoms with Crippen LogP contribution in [0.2, 0.25) is 0 Å². The number of carbonyl (C=O) groups is 1. The third-order valence-electron chi connectivity index (χ3n) is 2.91. The Morgan fingerprint density at radius 1 is 1.00 bits per heavy atom. The van der Waals surface area contributed by atoms with Crippen LogP contribution < -0.4 is 10.1 Å². The molecule has 0 amide bonds. The van der Waals surface area contributed by atoms with E-state index in [1.165, 1.54) is 6.92 Å². The molecule has 1 heterocycles. The Kier molecular flexibility index (Phi) is 3.82. The molecule has 0 aliphatic rings. The Balaban J connectivity index is 2.03. The van der Waals surface area contributed by atoms with Crippen LogP contribution in [0.5, 0.6) is 6.01 Å². The van der Waals surface area contributed by atoms with Gasteiger partial charge in [0, 0.05) is 12.6 Å². The van der Waals surface area contributed by atoms with E-state index in [0.29, 0.717) is 5.95 Å². The van der Waals surface area contributed by atoms with Gasteiger partial charge in [0.2, 0.25) is 5.95 Å². The molecular weight excluding hydrogens is 280 g/mol. The Morgan fingerprint density at radius 2 is 1.64 bits per heavy atom. The standard InChI is InChI=1S/C16H14N4O2/c1-12(21)22-16-19-18-15(17-13-8-4-2-5-9-13)20(16)14-10-6-3-7-11-14/h2-11H,1H3,(H,17,18). The predicted molar refractivity (Wildman–Crippen MR) is 82.4 cm³/mol. The van der Waals surface area contributed by atoms with Crippen LogP contribution in [0.25, 0.3) is 5.69 Å². The minimum absolute atomic E-state index is 0.122. The topological polar surface area (TPSA) is 69.0 Å². The summed E-state index contributed by atoms with van der Waals surface area (Å²) in [6, 6.07) is 19.2. The first kappa shape index (κ1) is 13.8. The molecule has 0 bridgehead atoms. The van der Waals surface area contributed by atoms with Crippen molar-refractivity contribution in [1.29, 1.82) is 0 Å². The smallest absolute Gasteiger partial charge is 0.331 e. The van der Waals surface area contributed by atoms with Crippen LogP contribution in [0.4, 0.5) is 11.6 Å². The minimum atomic E-state index is -0.448. The van der Waals surface area contributed by atoms with E-state index < -0.39 is 5.97 Å². The number of para-hydroxylation sites is 2. The van der Waals surface area contributed by atoms with Gasteiger partial charge < -0.3 is 10.1 Å². The lowest BCUT2D eigenvalue weighted by atomic mass is 10.3. The molecule has 0 spiro atoms. The molecule has 0 unspecified atom stereocenters. The summed E-state index contributed by atoms with van der Waals surface area (Å²) in [7, 11) is 0. The van der Waals surface area contributed by atoms with Crippen LogP contribution in [0.1, 0.15) is 6.92 Å². The zero-order chi connectivity index (χ0) is 15.4.